The van der Waals surface area contributed by atoms with Crippen LogP contribution in [-0.2, 0) is 44.5 Å². The van der Waals surface area contributed by atoms with E-state index in [0.29, 0.717) is 37.3 Å². The Morgan fingerprint density at radius 2 is 1.60 bits per heavy atom. The summed E-state index contributed by atoms with van der Waals surface area (Å²) >= 11 is 0. The number of phenolic OH excluding ortho intramolecular Hbond substituents is 2. The van der Waals surface area contributed by atoms with E-state index >= 15 is 0 Å². The molecule has 68 heavy (non-hydrogen) atoms. The molecule has 4 fully saturated rings. The molecule has 7 rings (SSSR count). The van der Waals surface area contributed by atoms with Crippen molar-refractivity contribution in [2.45, 2.75) is 153 Å². The first-order valence-corrected chi connectivity index (χ1v) is 24.2. The maximum absolute atomic E-state index is 14.5. The molecule has 0 spiro atoms. The number of carbonyl (C=O) groups is 6. The van der Waals surface area contributed by atoms with Crippen molar-refractivity contribution in [1.29, 1.82) is 0 Å². The van der Waals surface area contributed by atoms with E-state index in [4.69, 9.17) is 26.5 Å². The van der Waals surface area contributed by atoms with Gasteiger partial charge in [-0.25, -0.2) is 0 Å². The number of nitrogens with two attached hydrogens (primary N) is 3. The molecule has 2 aromatic carbocycles. The molecular weight excluding hydrogens is 873 g/mol. The van der Waals surface area contributed by atoms with Gasteiger partial charge in [-0.3, -0.25) is 28.8 Å². The van der Waals surface area contributed by atoms with Crippen LogP contribution in [0.25, 0.3) is 11.1 Å². The molecule has 13 N–H and O–H groups in total. The average Bonchev–Trinajstić information content (AvgIpc) is 3.66. The molecule has 2 aliphatic heterocycles. The fourth-order valence-electron chi connectivity index (χ4n) is 10.5. The maximum atomic E-state index is 14.5. The molecule has 1 saturated heterocycles. The Morgan fingerprint density at radius 1 is 0.897 bits per heavy atom. The van der Waals surface area contributed by atoms with E-state index < -0.39 is 72.6 Å². The Labute approximate surface area is 399 Å². The van der Waals surface area contributed by atoms with Crippen molar-refractivity contribution >= 4 is 42.6 Å². The Kier molecular flexibility index (Phi) is 17.2. The molecule has 6 bridgehead atoms. The van der Waals surface area contributed by atoms with Crippen molar-refractivity contribution in [3.8, 4) is 22.6 Å². The highest BCUT2D eigenvalue weighted by molar-refractivity contribution is 6.47. The topological polar surface area (TPSA) is 303 Å². The van der Waals surface area contributed by atoms with Gasteiger partial charge in [-0.1, -0.05) is 58.6 Å². The van der Waals surface area contributed by atoms with Crippen LogP contribution in [0.1, 0.15) is 122 Å². The Balaban J connectivity index is 1.21. The molecule has 0 aromatic heterocycles. The molecule has 0 unspecified atom stereocenters. The molecule has 2 aromatic rings. The SMILES string of the molecule is CCCCCCCC(=O)NCCC(=O)N[C@@H](CCCCN)C(=O)N(C)[C@@H]1C(=O)N[C@@H](N)C(=O)N[C@H](C(=O)N[C@@H](N)B2O[C@@H]3C[C@@H]4C[C@@H](C4(C)C)[C@]3(C)O2)Cc2ccc(O)c(c2)-c2cc1ccc2O. The third-order valence-electron chi connectivity index (χ3n) is 14.7. The van der Waals surface area contributed by atoms with Gasteiger partial charge in [0.1, 0.15) is 35.7 Å². The zero-order valence-electron chi connectivity index (χ0n) is 40.1. The van der Waals surface area contributed by atoms with Gasteiger partial charge in [-0.2, -0.15) is 0 Å². The summed E-state index contributed by atoms with van der Waals surface area (Å²) in [5.41, 5.74) is 19.0. The number of aromatic hydroxyl groups is 2. The van der Waals surface area contributed by atoms with Crippen molar-refractivity contribution in [1.82, 2.24) is 31.5 Å². The lowest BCUT2D eigenvalue weighted by Crippen LogP contribution is -2.65. The Hall–Kier alpha value is -5.28. The normalized spacial score (nSPS) is 25.9. The number of hydrogen-bond acceptors (Lipinski definition) is 13. The van der Waals surface area contributed by atoms with Crippen LogP contribution in [0.15, 0.2) is 36.4 Å². The van der Waals surface area contributed by atoms with Crippen molar-refractivity contribution in [2.75, 3.05) is 20.1 Å². The second-order valence-electron chi connectivity index (χ2n) is 19.8. The molecule has 0 radical (unpaired) electrons. The summed E-state index contributed by atoms with van der Waals surface area (Å²) in [7, 11) is 0.387. The van der Waals surface area contributed by atoms with Gasteiger partial charge >= 0.3 is 7.12 Å². The van der Waals surface area contributed by atoms with Crippen LogP contribution in [-0.4, -0.2) is 114 Å². The van der Waals surface area contributed by atoms with E-state index in [0.717, 1.165) is 49.8 Å². The second kappa shape index (κ2) is 22.4. The van der Waals surface area contributed by atoms with Gasteiger partial charge in [0.2, 0.25) is 29.5 Å². The van der Waals surface area contributed by atoms with Gasteiger partial charge in [0.15, 0.2) is 6.17 Å². The van der Waals surface area contributed by atoms with Gasteiger partial charge in [-0.15, -0.1) is 0 Å². The summed E-state index contributed by atoms with van der Waals surface area (Å²) in [5, 5.41) is 35.8. The predicted octanol–water partition coefficient (Wildman–Crippen LogP) is 1.86. The van der Waals surface area contributed by atoms with E-state index in [-0.39, 0.29) is 77.3 Å². The number of nitrogens with one attached hydrogen (secondary N) is 5. The molecule has 5 aliphatic rings. The zero-order valence-corrected chi connectivity index (χ0v) is 40.1. The summed E-state index contributed by atoms with van der Waals surface area (Å²) in [6.45, 7) is 9.00. The molecule has 3 aliphatic carbocycles. The summed E-state index contributed by atoms with van der Waals surface area (Å²) in [6.07, 6.45) is 6.12. The third kappa shape index (κ3) is 11.8. The standard InChI is InChI=1S/C48H72BN9O10/c1-6-7-8-9-10-14-38(61)53-21-19-39(62)54-32(13-11-12-20-50)45(66)58(5)40-28-16-18-35(60)31(24-28)30-22-27(15-17-34(30)59)23-33(55-44(65)41(51)56-43(40)64)42(63)57-46(52)49-67-37-26-29-25-36(47(29,2)3)48(37,4)68-49/h15-18,22,24,29,32-33,36-37,40-41,46,59-60H,6-14,19-21,23,25-26,50-52H2,1-5H3,(H,53,61)(H,54,62)(H,55,65)(H,56,64)(H,57,63)/t29-,32-,33-,36-,37+,40-,41+,46+,48-/m0/s1. The summed E-state index contributed by atoms with van der Waals surface area (Å²) in [5.74, 6) is -3.66. The molecule has 19 nitrogen and oxygen atoms in total. The quantitative estimate of drug-likeness (QED) is 0.0547. The number of carbonyl (C=O) groups excluding carboxylic acids is 6. The number of phenols is 2. The highest BCUT2D eigenvalue weighted by atomic mass is 16.7. The van der Waals surface area contributed by atoms with E-state index in [1.54, 1.807) is 6.07 Å². The minimum atomic E-state index is -1.74. The number of hydrogen-bond donors (Lipinski definition) is 10. The molecule has 2 heterocycles. The summed E-state index contributed by atoms with van der Waals surface area (Å²) < 4.78 is 12.8. The largest absolute Gasteiger partial charge is 0.507 e. The van der Waals surface area contributed by atoms with Crippen molar-refractivity contribution in [3.63, 3.8) is 0 Å². The van der Waals surface area contributed by atoms with Crippen LogP contribution in [0.4, 0.5) is 0 Å². The summed E-state index contributed by atoms with van der Waals surface area (Å²) in [4.78, 5) is 83.6. The first kappa shape index (κ1) is 52.1. The van der Waals surface area contributed by atoms with Crippen LogP contribution >= 0.6 is 0 Å². The highest BCUT2D eigenvalue weighted by Crippen LogP contribution is 2.65. The number of rotatable bonds is 19. The minimum absolute atomic E-state index is 0.0619. The van der Waals surface area contributed by atoms with Gasteiger partial charge in [0, 0.05) is 44.0 Å². The average molecular weight is 946 g/mol. The lowest BCUT2D eigenvalue weighted by molar-refractivity contribution is -0.199. The predicted molar refractivity (Wildman–Crippen MR) is 255 cm³/mol. The fourth-order valence-corrected chi connectivity index (χ4v) is 10.5. The van der Waals surface area contributed by atoms with E-state index in [1.807, 2.05) is 6.92 Å². The van der Waals surface area contributed by atoms with Crippen LogP contribution in [0.2, 0.25) is 0 Å². The maximum Gasteiger partial charge on any atom is 0.497 e. The van der Waals surface area contributed by atoms with Crippen LogP contribution < -0.4 is 43.8 Å². The lowest BCUT2D eigenvalue weighted by atomic mass is 9.43. The number of likely N-dealkylation sites (N-methyl/N-ethyl adjacent to an activating group) is 1. The fraction of sp³-hybridized carbons (Fsp3) is 0.625. The van der Waals surface area contributed by atoms with E-state index in [9.17, 15) is 39.0 Å². The van der Waals surface area contributed by atoms with E-state index in [1.165, 1.54) is 37.4 Å². The van der Waals surface area contributed by atoms with Gasteiger partial charge in [0.25, 0.3) is 5.91 Å². The Morgan fingerprint density at radius 3 is 2.31 bits per heavy atom. The first-order valence-electron chi connectivity index (χ1n) is 24.2. The monoisotopic (exact) mass is 946 g/mol. The van der Waals surface area contributed by atoms with Gasteiger partial charge in [0.05, 0.1) is 11.7 Å². The zero-order chi connectivity index (χ0) is 49.5. The molecule has 9 atom stereocenters. The molecule has 3 saturated carbocycles. The van der Waals surface area contributed by atoms with E-state index in [2.05, 4.69) is 47.4 Å². The lowest BCUT2D eigenvalue weighted by Gasteiger charge is -2.64. The second-order valence-corrected chi connectivity index (χ2v) is 19.8. The smallest absolute Gasteiger partial charge is 0.497 e. The third-order valence-corrected chi connectivity index (χ3v) is 14.7. The Bertz CT molecular complexity index is 2180. The number of nitrogens with zero attached hydrogens (tertiary/aromatic N) is 1. The van der Waals surface area contributed by atoms with Gasteiger partial charge < -0.3 is 68.2 Å². The molecule has 6 amide bonds. The number of unbranched alkanes of at least 4 members (excludes halogenated alkanes) is 5. The number of fused-ring (bicyclic) bond motifs is 5. The number of amides is 6. The number of benzene rings is 2. The van der Waals surface area contributed by atoms with Crippen LogP contribution in [0, 0.1) is 17.3 Å². The highest BCUT2D eigenvalue weighted by Gasteiger charge is 2.68. The summed E-state index contributed by atoms with van der Waals surface area (Å²) in [6, 6.07) is 3.53. The minimum Gasteiger partial charge on any atom is -0.507 e. The first-order chi connectivity index (χ1) is 32.3. The van der Waals surface area contributed by atoms with Crippen molar-refractivity contribution < 1.29 is 48.3 Å². The molecule has 20 heteroatoms. The van der Waals surface area contributed by atoms with Crippen LogP contribution in [0.3, 0.4) is 0 Å². The molecular formula is C48H72BN9O10. The van der Waals surface area contributed by atoms with Crippen molar-refractivity contribution in [3.05, 3.63) is 47.5 Å². The van der Waals surface area contributed by atoms with Crippen molar-refractivity contribution in [2.24, 2.45) is 34.5 Å². The van der Waals surface area contributed by atoms with Crippen LogP contribution in [0.5, 0.6) is 11.5 Å². The molecule has 372 valence electrons. The van der Waals surface area contributed by atoms with Gasteiger partial charge in [-0.05, 0) is 105 Å².